The van der Waals surface area contributed by atoms with Crippen molar-refractivity contribution in [1.82, 2.24) is 10.2 Å². The molecular weight excluding hydrogens is 372 g/mol. The highest BCUT2D eigenvalue weighted by atomic mass is 16.6. The Labute approximate surface area is 172 Å². The topological polar surface area (TPSA) is 84.9 Å². The molecule has 1 atom stereocenters. The zero-order valence-corrected chi connectivity index (χ0v) is 17.8. The smallest absolute Gasteiger partial charge is 0.410 e. The molecule has 29 heavy (non-hydrogen) atoms. The maximum absolute atomic E-state index is 12.2. The van der Waals surface area contributed by atoms with Gasteiger partial charge in [-0.3, -0.25) is 14.9 Å². The molecule has 3 amide bonds. The van der Waals surface area contributed by atoms with Gasteiger partial charge in [0.05, 0.1) is 0 Å². The molecule has 1 aliphatic rings. The molecular formula is C22H32N2O5. The zero-order chi connectivity index (χ0) is 21.4. The van der Waals surface area contributed by atoms with Crippen molar-refractivity contribution in [3.63, 3.8) is 0 Å². The van der Waals surface area contributed by atoms with E-state index < -0.39 is 17.6 Å². The molecule has 1 saturated heterocycles. The third-order valence-electron chi connectivity index (χ3n) is 4.82. The summed E-state index contributed by atoms with van der Waals surface area (Å²) in [5.74, 6) is 0.535. The van der Waals surface area contributed by atoms with E-state index in [0.717, 1.165) is 19.3 Å². The molecule has 0 aliphatic carbocycles. The Morgan fingerprint density at radius 1 is 1.21 bits per heavy atom. The first kappa shape index (κ1) is 22.7. The van der Waals surface area contributed by atoms with E-state index in [1.165, 1.54) is 5.56 Å². The Hall–Kier alpha value is -2.57. The summed E-state index contributed by atoms with van der Waals surface area (Å²) in [7, 11) is 0. The second kappa shape index (κ2) is 10.3. The second-order valence-electron chi connectivity index (χ2n) is 8.33. The van der Waals surface area contributed by atoms with Gasteiger partial charge in [-0.25, -0.2) is 4.79 Å². The number of nitrogens with one attached hydrogen (secondary N) is 1. The molecule has 1 N–H and O–H groups in total. The molecule has 7 nitrogen and oxygen atoms in total. The zero-order valence-electron chi connectivity index (χ0n) is 17.8. The van der Waals surface area contributed by atoms with Crippen molar-refractivity contribution < 1.29 is 23.9 Å². The summed E-state index contributed by atoms with van der Waals surface area (Å²) in [6.07, 6.45) is 2.49. The summed E-state index contributed by atoms with van der Waals surface area (Å²) in [6, 6.07) is 7.71. The summed E-state index contributed by atoms with van der Waals surface area (Å²) in [4.78, 5) is 36.4. The fraction of sp³-hybridized carbons (Fsp3) is 0.591. The van der Waals surface area contributed by atoms with Crippen molar-refractivity contribution >= 4 is 18.4 Å². The van der Waals surface area contributed by atoms with Crippen LogP contribution in [0.15, 0.2) is 24.3 Å². The number of imide groups is 1. The number of hydrogen-bond donors (Lipinski definition) is 1. The van der Waals surface area contributed by atoms with E-state index in [-0.39, 0.29) is 6.09 Å². The molecule has 1 heterocycles. The molecule has 1 unspecified atom stereocenters. The molecule has 0 bridgehead atoms. The van der Waals surface area contributed by atoms with Gasteiger partial charge in [-0.15, -0.1) is 0 Å². The SMILES string of the molecule is CCCC(Oc1ccc(C2CCN(C(=O)OC(C)(C)C)CC2)cc1)C(=O)NC=O. The van der Waals surface area contributed by atoms with Crippen LogP contribution in [0.3, 0.4) is 0 Å². The number of piperidine rings is 1. The number of benzene rings is 1. The van der Waals surface area contributed by atoms with Gasteiger partial charge in [-0.1, -0.05) is 25.5 Å². The lowest BCUT2D eigenvalue weighted by Crippen LogP contribution is -2.41. The monoisotopic (exact) mass is 404 g/mol. The highest BCUT2D eigenvalue weighted by Gasteiger charge is 2.27. The van der Waals surface area contributed by atoms with Crippen LogP contribution < -0.4 is 10.1 Å². The second-order valence-corrected chi connectivity index (χ2v) is 8.33. The Morgan fingerprint density at radius 3 is 2.34 bits per heavy atom. The maximum atomic E-state index is 12.2. The van der Waals surface area contributed by atoms with Gasteiger partial charge in [-0.2, -0.15) is 0 Å². The van der Waals surface area contributed by atoms with Gasteiger partial charge in [0.2, 0.25) is 6.41 Å². The number of hydrogen-bond acceptors (Lipinski definition) is 5. The highest BCUT2D eigenvalue weighted by molar-refractivity contribution is 5.89. The van der Waals surface area contributed by atoms with Crippen molar-refractivity contribution in [1.29, 1.82) is 0 Å². The van der Waals surface area contributed by atoms with Gasteiger partial charge in [0.15, 0.2) is 6.10 Å². The molecule has 1 fully saturated rings. The van der Waals surface area contributed by atoms with Crippen LogP contribution in [0.2, 0.25) is 0 Å². The Kier molecular flexibility index (Phi) is 8.05. The minimum absolute atomic E-state index is 0.254. The maximum Gasteiger partial charge on any atom is 0.410 e. The van der Waals surface area contributed by atoms with Crippen LogP contribution in [0, 0.1) is 0 Å². The van der Waals surface area contributed by atoms with E-state index in [4.69, 9.17) is 9.47 Å². The number of rotatable bonds is 7. The van der Waals surface area contributed by atoms with Crippen LogP contribution in [0.5, 0.6) is 5.75 Å². The third-order valence-corrected chi connectivity index (χ3v) is 4.82. The van der Waals surface area contributed by atoms with Crippen LogP contribution in [0.4, 0.5) is 4.79 Å². The molecule has 7 heteroatoms. The van der Waals surface area contributed by atoms with Crippen LogP contribution >= 0.6 is 0 Å². The van der Waals surface area contributed by atoms with Crippen LogP contribution in [0.25, 0.3) is 0 Å². The van der Waals surface area contributed by atoms with Gasteiger partial charge in [0.1, 0.15) is 11.4 Å². The fourth-order valence-electron chi connectivity index (χ4n) is 3.36. The lowest BCUT2D eigenvalue weighted by atomic mass is 9.89. The van der Waals surface area contributed by atoms with E-state index in [0.29, 0.717) is 37.6 Å². The standard InChI is InChI=1S/C22H32N2O5/c1-5-6-19(20(26)23-15-25)28-18-9-7-16(8-10-18)17-11-13-24(14-12-17)21(27)29-22(2,3)4/h7-10,15,17,19H,5-6,11-14H2,1-4H3,(H,23,25,26). The molecule has 0 radical (unpaired) electrons. The third kappa shape index (κ3) is 7.07. The lowest BCUT2D eigenvalue weighted by molar-refractivity contribution is -0.131. The fourth-order valence-corrected chi connectivity index (χ4v) is 3.36. The van der Waals surface area contributed by atoms with Gasteiger partial charge in [-0.05, 0) is 63.6 Å². The highest BCUT2D eigenvalue weighted by Crippen LogP contribution is 2.30. The van der Waals surface area contributed by atoms with E-state index in [2.05, 4.69) is 5.32 Å². The van der Waals surface area contributed by atoms with Crippen LogP contribution in [-0.4, -0.2) is 48.1 Å². The van der Waals surface area contributed by atoms with Crippen molar-refractivity contribution in [2.24, 2.45) is 0 Å². The minimum atomic E-state index is -0.687. The number of carbonyl (C=O) groups is 3. The first-order valence-electron chi connectivity index (χ1n) is 10.2. The quantitative estimate of drug-likeness (QED) is 0.702. The van der Waals surface area contributed by atoms with E-state index in [9.17, 15) is 14.4 Å². The number of carbonyl (C=O) groups excluding carboxylic acids is 3. The van der Waals surface area contributed by atoms with E-state index in [1.807, 2.05) is 52.0 Å². The largest absolute Gasteiger partial charge is 0.481 e. The minimum Gasteiger partial charge on any atom is -0.481 e. The molecule has 1 aromatic rings. The molecule has 0 spiro atoms. The first-order valence-corrected chi connectivity index (χ1v) is 10.2. The van der Waals surface area contributed by atoms with Gasteiger partial charge in [0.25, 0.3) is 5.91 Å². The molecule has 2 rings (SSSR count). The number of nitrogens with zero attached hydrogens (tertiary/aromatic N) is 1. The summed E-state index contributed by atoms with van der Waals surface area (Å²) in [5.41, 5.74) is 0.702. The number of ether oxygens (including phenoxy) is 2. The predicted octanol–water partition coefficient (Wildman–Crippen LogP) is 3.62. The molecule has 1 aromatic carbocycles. The lowest BCUT2D eigenvalue weighted by Gasteiger charge is -2.33. The average molecular weight is 405 g/mol. The van der Waals surface area contributed by atoms with E-state index in [1.54, 1.807) is 4.90 Å². The summed E-state index contributed by atoms with van der Waals surface area (Å²) in [5, 5.41) is 2.15. The normalized spacial score (nSPS) is 16.1. The Morgan fingerprint density at radius 2 is 1.83 bits per heavy atom. The Balaban J connectivity index is 1.91. The van der Waals surface area contributed by atoms with Crippen LogP contribution in [0.1, 0.15) is 64.9 Å². The molecule has 1 aliphatic heterocycles. The van der Waals surface area contributed by atoms with Crippen LogP contribution in [-0.2, 0) is 14.3 Å². The summed E-state index contributed by atoms with van der Waals surface area (Å²) < 4.78 is 11.2. The molecule has 0 saturated carbocycles. The number of amides is 3. The van der Waals surface area contributed by atoms with Crippen molar-refractivity contribution in [2.75, 3.05) is 13.1 Å². The van der Waals surface area contributed by atoms with E-state index >= 15 is 0 Å². The summed E-state index contributed by atoms with van der Waals surface area (Å²) >= 11 is 0. The van der Waals surface area contributed by atoms with Gasteiger partial charge < -0.3 is 14.4 Å². The molecule has 160 valence electrons. The van der Waals surface area contributed by atoms with Gasteiger partial charge >= 0.3 is 6.09 Å². The number of likely N-dealkylation sites (tertiary alicyclic amines) is 1. The first-order chi connectivity index (χ1) is 13.7. The van der Waals surface area contributed by atoms with Crippen molar-refractivity contribution in [3.05, 3.63) is 29.8 Å². The average Bonchev–Trinajstić information content (AvgIpc) is 2.67. The predicted molar refractivity (Wildman–Crippen MR) is 110 cm³/mol. The van der Waals surface area contributed by atoms with Gasteiger partial charge in [0, 0.05) is 13.1 Å². The van der Waals surface area contributed by atoms with Crippen molar-refractivity contribution in [3.8, 4) is 5.75 Å². The van der Waals surface area contributed by atoms with Crippen molar-refractivity contribution in [2.45, 2.75) is 71.0 Å². The summed E-state index contributed by atoms with van der Waals surface area (Å²) in [6.45, 7) is 8.90. The molecule has 0 aromatic heterocycles. The Bertz CT molecular complexity index is 688.